The predicted octanol–water partition coefficient (Wildman–Crippen LogP) is 5.36. The van der Waals surface area contributed by atoms with Crippen LogP contribution in [0.5, 0.6) is 5.75 Å². The van der Waals surface area contributed by atoms with Crippen LogP contribution in [0, 0.1) is 5.82 Å². The number of para-hydroxylation sites is 2. The van der Waals surface area contributed by atoms with E-state index in [0.717, 1.165) is 5.56 Å². The summed E-state index contributed by atoms with van der Waals surface area (Å²) in [6.07, 6.45) is 0. The van der Waals surface area contributed by atoms with Crippen molar-refractivity contribution >= 4 is 21.6 Å². The largest absolute Gasteiger partial charge is 0.433 e. The van der Waals surface area contributed by atoms with Gasteiger partial charge in [0.2, 0.25) is 0 Å². The summed E-state index contributed by atoms with van der Waals surface area (Å²) < 4.78 is 42.9. The lowest BCUT2D eigenvalue weighted by molar-refractivity contribution is -0.0493. The van der Waals surface area contributed by atoms with Gasteiger partial charge >= 0.3 is 6.61 Å². The van der Waals surface area contributed by atoms with Gasteiger partial charge in [-0.1, -0.05) is 34.1 Å². The van der Waals surface area contributed by atoms with Gasteiger partial charge in [-0.15, -0.1) is 0 Å². The Hall–Kier alpha value is -1.69. The van der Waals surface area contributed by atoms with Crippen LogP contribution in [-0.2, 0) is 0 Å². The second-order valence-electron chi connectivity index (χ2n) is 4.41. The second kappa shape index (κ2) is 6.85. The van der Waals surface area contributed by atoms with Crippen molar-refractivity contribution in [3.05, 3.63) is 58.3 Å². The third-order valence-electron chi connectivity index (χ3n) is 2.90. The first-order chi connectivity index (χ1) is 9.97. The maximum absolute atomic E-state index is 13.1. The van der Waals surface area contributed by atoms with E-state index in [1.165, 1.54) is 18.2 Å². The number of hydrogen-bond donors (Lipinski definition) is 1. The normalized spacial score (nSPS) is 12.3. The van der Waals surface area contributed by atoms with Crippen molar-refractivity contribution in [2.45, 2.75) is 19.6 Å². The van der Waals surface area contributed by atoms with Crippen LogP contribution in [0.2, 0.25) is 0 Å². The highest BCUT2D eigenvalue weighted by molar-refractivity contribution is 9.10. The van der Waals surface area contributed by atoms with E-state index in [0.29, 0.717) is 10.2 Å². The van der Waals surface area contributed by atoms with Crippen LogP contribution in [0.1, 0.15) is 18.5 Å². The minimum Gasteiger partial charge on any atom is -0.433 e. The fourth-order valence-electron chi connectivity index (χ4n) is 1.95. The number of benzene rings is 2. The van der Waals surface area contributed by atoms with Gasteiger partial charge in [0, 0.05) is 10.5 Å². The number of anilines is 1. The molecule has 1 unspecified atom stereocenters. The number of rotatable bonds is 5. The Bertz CT molecular complexity index is 622. The number of nitrogens with one attached hydrogen (secondary N) is 1. The third-order valence-corrected chi connectivity index (χ3v) is 3.59. The molecule has 1 atom stereocenters. The lowest BCUT2D eigenvalue weighted by Crippen LogP contribution is -2.10. The molecular formula is C15H13BrF3NO. The summed E-state index contributed by atoms with van der Waals surface area (Å²) >= 11 is 3.29. The summed E-state index contributed by atoms with van der Waals surface area (Å²) in [7, 11) is 0. The highest BCUT2D eigenvalue weighted by Crippen LogP contribution is 2.31. The predicted molar refractivity (Wildman–Crippen MR) is 79.2 cm³/mol. The van der Waals surface area contributed by atoms with Gasteiger partial charge in [-0.3, -0.25) is 0 Å². The zero-order chi connectivity index (χ0) is 15.4. The van der Waals surface area contributed by atoms with Crippen molar-refractivity contribution in [1.29, 1.82) is 0 Å². The molecule has 0 aliphatic heterocycles. The molecule has 0 amide bonds. The Balaban J connectivity index is 2.21. The first-order valence-electron chi connectivity index (χ1n) is 6.22. The number of hydrogen-bond acceptors (Lipinski definition) is 2. The fraction of sp³-hybridized carbons (Fsp3) is 0.200. The average molecular weight is 360 g/mol. The number of ether oxygens (including phenoxy) is 1. The van der Waals surface area contributed by atoms with Gasteiger partial charge in [0.05, 0.1) is 5.69 Å². The second-order valence-corrected chi connectivity index (χ2v) is 5.26. The first-order valence-corrected chi connectivity index (χ1v) is 7.02. The Morgan fingerprint density at radius 3 is 2.52 bits per heavy atom. The quantitative estimate of drug-likeness (QED) is 0.775. The minimum absolute atomic E-state index is 0.0672. The highest BCUT2D eigenvalue weighted by Gasteiger charge is 2.14. The van der Waals surface area contributed by atoms with Crippen molar-refractivity contribution in [3.63, 3.8) is 0 Å². The number of halogens is 4. The lowest BCUT2D eigenvalue weighted by Gasteiger charge is -2.19. The standard InChI is InChI=1S/C15H13BrF3NO/c1-9(11-7-6-10(17)8-12(11)16)20-13-4-2-3-5-14(13)21-15(18)19/h2-9,15,20H,1H3. The lowest BCUT2D eigenvalue weighted by atomic mass is 10.1. The maximum atomic E-state index is 13.1. The zero-order valence-corrected chi connectivity index (χ0v) is 12.7. The Morgan fingerprint density at radius 1 is 1.14 bits per heavy atom. The summed E-state index contributed by atoms with van der Waals surface area (Å²) in [5.74, 6) is -0.281. The molecule has 21 heavy (non-hydrogen) atoms. The number of alkyl halides is 2. The van der Waals surface area contributed by atoms with Gasteiger partial charge in [0.25, 0.3) is 0 Å². The molecule has 2 aromatic rings. The van der Waals surface area contributed by atoms with E-state index >= 15 is 0 Å². The molecule has 6 heteroatoms. The molecule has 0 saturated heterocycles. The third kappa shape index (κ3) is 4.14. The smallest absolute Gasteiger partial charge is 0.387 e. The molecule has 2 nitrogen and oxygen atoms in total. The van der Waals surface area contributed by atoms with Crippen molar-refractivity contribution in [2.75, 3.05) is 5.32 Å². The molecule has 0 aliphatic carbocycles. The first kappa shape index (κ1) is 15.7. The summed E-state index contributed by atoms with van der Waals surface area (Å²) in [4.78, 5) is 0. The highest BCUT2D eigenvalue weighted by atomic mass is 79.9. The van der Waals surface area contributed by atoms with Gasteiger partial charge in [0.1, 0.15) is 11.6 Å². The summed E-state index contributed by atoms with van der Waals surface area (Å²) in [5.41, 5.74) is 1.25. The molecule has 0 aromatic heterocycles. The fourth-order valence-corrected chi connectivity index (χ4v) is 2.64. The molecule has 0 radical (unpaired) electrons. The van der Waals surface area contributed by atoms with Crippen LogP contribution in [0.15, 0.2) is 46.9 Å². The Labute approximate surface area is 129 Å². The van der Waals surface area contributed by atoms with Crippen LogP contribution < -0.4 is 10.1 Å². The molecular weight excluding hydrogens is 347 g/mol. The van der Waals surface area contributed by atoms with Crippen LogP contribution in [-0.4, -0.2) is 6.61 Å². The van der Waals surface area contributed by atoms with Crippen LogP contribution >= 0.6 is 15.9 Å². The average Bonchev–Trinajstić information content (AvgIpc) is 2.40. The van der Waals surface area contributed by atoms with Gasteiger partial charge in [0.15, 0.2) is 0 Å². The van der Waals surface area contributed by atoms with Gasteiger partial charge in [-0.2, -0.15) is 8.78 Å². The van der Waals surface area contributed by atoms with E-state index in [-0.39, 0.29) is 17.6 Å². The van der Waals surface area contributed by atoms with E-state index < -0.39 is 6.61 Å². The van der Waals surface area contributed by atoms with Gasteiger partial charge < -0.3 is 10.1 Å². The minimum atomic E-state index is -2.89. The molecule has 0 heterocycles. The van der Waals surface area contributed by atoms with Crippen LogP contribution in [0.4, 0.5) is 18.9 Å². The Morgan fingerprint density at radius 2 is 1.86 bits per heavy atom. The zero-order valence-electron chi connectivity index (χ0n) is 11.1. The SMILES string of the molecule is CC(Nc1ccccc1OC(F)F)c1ccc(F)cc1Br. The molecule has 0 bridgehead atoms. The van der Waals surface area contributed by atoms with Gasteiger partial charge in [-0.05, 0) is 36.8 Å². The van der Waals surface area contributed by atoms with Crippen LogP contribution in [0.3, 0.4) is 0 Å². The Kier molecular flexibility index (Phi) is 5.12. The molecule has 1 N–H and O–H groups in total. The molecule has 0 aliphatic rings. The van der Waals surface area contributed by atoms with E-state index in [1.807, 2.05) is 6.92 Å². The molecule has 0 saturated carbocycles. The van der Waals surface area contributed by atoms with E-state index in [2.05, 4.69) is 26.0 Å². The maximum Gasteiger partial charge on any atom is 0.387 e. The molecule has 0 spiro atoms. The van der Waals surface area contributed by atoms with Crippen molar-refractivity contribution in [3.8, 4) is 5.75 Å². The summed E-state index contributed by atoms with van der Waals surface area (Å²) in [6.45, 7) is -1.04. The van der Waals surface area contributed by atoms with E-state index in [9.17, 15) is 13.2 Å². The molecule has 2 rings (SSSR count). The molecule has 112 valence electrons. The summed E-state index contributed by atoms with van der Waals surface area (Å²) in [6, 6.07) is 10.5. The van der Waals surface area contributed by atoms with Gasteiger partial charge in [-0.25, -0.2) is 4.39 Å². The summed E-state index contributed by atoms with van der Waals surface area (Å²) in [5, 5.41) is 3.08. The molecule has 0 fully saturated rings. The molecule has 2 aromatic carbocycles. The topological polar surface area (TPSA) is 21.3 Å². The van der Waals surface area contributed by atoms with Crippen molar-refractivity contribution in [2.24, 2.45) is 0 Å². The van der Waals surface area contributed by atoms with E-state index in [4.69, 9.17) is 0 Å². The van der Waals surface area contributed by atoms with Crippen LogP contribution in [0.25, 0.3) is 0 Å². The van der Waals surface area contributed by atoms with E-state index in [1.54, 1.807) is 24.3 Å². The van der Waals surface area contributed by atoms with Crippen molar-refractivity contribution < 1.29 is 17.9 Å². The van der Waals surface area contributed by atoms with Crippen molar-refractivity contribution in [1.82, 2.24) is 0 Å². The monoisotopic (exact) mass is 359 g/mol.